The lowest BCUT2D eigenvalue weighted by Crippen LogP contribution is -2.44. The van der Waals surface area contributed by atoms with E-state index in [1.807, 2.05) is 41.3 Å². The highest BCUT2D eigenvalue weighted by Crippen LogP contribution is 2.40. The average molecular weight is 386 g/mol. The molecule has 0 saturated carbocycles. The van der Waals surface area contributed by atoms with Crippen molar-refractivity contribution in [3.05, 3.63) is 83.9 Å². The summed E-state index contributed by atoms with van der Waals surface area (Å²) in [6.45, 7) is 2.29. The first kappa shape index (κ1) is 17.6. The lowest BCUT2D eigenvalue weighted by atomic mass is 9.90. The summed E-state index contributed by atoms with van der Waals surface area (Å²) in [5.41, 5.74) is 3.76. The van der Waals surface area contributed by atoms with Gasteiger partial charge in [-0.25, -0.2) is 0 Å². The zero-order valence-corrected chi connectivity index (χ0v) is 16.2. The summed E-state index contributed by atoms with van der Waals surface area (Å²) < 4.78 is 10.8. The van der Waals surface area contributed by atoms with Crippen LogP contribution in [0.4, 0.5) is 11.4 Å². The molecule has 0 aliphatic carbocycles. The van der Waals surface area contributed by atoms with Gasteiger partial charge in [-0.3, -0.25) is 4.79 Å². The van der Waals surface area contributed by atoms with Gasteiger partial charge in [-0.05, 0) is 55.3 Å². The van der Waals surface area contributed by atoms with Gasteiger partial charge in [0.05, 0.1) is 6.04 Å². The van der Waals surface area contributed by atoms with E-state index < -0.39 is 0 Å². The Labute approximate surface area is 169 Å². The fourth-order valence-electron chi connectivity index (χ4n) is 4.16. The number of amides is 1. The number of benzene rings is 3. The molecule has 2 heterocycles. The van der Waals surface area contributed by atoms with Crippen LogP contribution in [0.3, 0.4) is 0 Å². The minimum atomic E-state index is -0.0265. The van der Waals surface area contributed by atoms with Crippen LogP contribution in [0, 0.1) is 0 Å². The summed E-state index contributed by atoms with van der Waals surface area (Å²) in [7, 11) is 0. The van der Waals surface area contributed by atoms with Gasteiger partial charge in [0.2, 0.25) is 6.79 Å². The van der Waals surface area contributed by atoms with Crippen LogP contribution >= 0.6 is 0 Å². The minimum Gasteiger partial charge on any atom is -0.454 e. The molecule has 0 saturated heterocycles. The molecule has 0 fully saturated rings. The van der Waals surface area contributed by atoms with Crippen LogP contribution in [0.5, 0.6) is 11.5 Å². The summed E-state index contributed by atoms with van der Waals surface area (Å²) in [5, 5.41) is 3.63. The predicted octanol–water partition coefficient (Wildman–Crippen LogP) is 5.01. The first-order valence-electron chi connectivity index (χ1n) is 9.84. The quantitative estimate of drug-likeness (QED) is 0.688. The van der Waals surface area contributed by atoms with E-state index in [0.29, 0.717) is 17.1 Å². The van der Waals surface area contributed by atoms with E-state index >= 15 is 0 Å². The molecular formula is C24H22N2O3. The Morgan fingerprint density at radius 2 is 1.72 bits per heavy atom. The van der Waals surface area contributed by atoms with Gasteiger partial charge in [0.15, 0.2) is 11.5 Å². The Kier molecular flexibility index (Phi) is 4.35. The van der Waals surface area contributed by atoms with E-state index in [1.165, 1.54) is 0 Å². The van der Waals surface area contributed by atoms with Crippen molar-refractivity contribution < 1.29 is 14.3 Å². The van der Waals surface area contributed by atoms with Gasteiger partial charge in [-0.1, -0.05) is 36.4 Å². The molecule has 2 atom stereocenters. The van der Waals surface area contributed by atoms with Crippen molar-refractivity contribution in [2.75, 3.05) is 17.0 Å². The second-order valence-corrected chi connectivity index (χ2v) is 7.45. The maximum absolute atomic E-state index is 13.4. The zero-order valence-electron chi connectivity index (χ0n) is 16.2. The van der Waals surface area contributed by atoms with Crippen LogP contribution < -0.4 is 19.7 Å². The highest BCUT2D eigenvalue weighted by Gasteiger charge is 2.34. The van der Waals surface area contributed by atoms with E-state index in [0.717, 1.165) is 23.4 Å². The predicted molar refractivity (Wildman–Crippen MR) is 113 cm³/mol. The Morgan fingerprint density at radius 3 is 2.59 bits per heavy atom. The van der Waals surface area contributed by atoms with Gasteiger partial charge in [0.1, 0.15) is 0 Å². The normalized spacial score (nSPS) is 19.6. The molecular weight excluding hydrogens is 364 g/mol. The molecule has 146 valence electrons. The molecule has 0 radical (unpaired) electrons. The van der Waals surface area contributed by atoms with Gasteiger partial charge in [0, 0.05) is 23.0 Å². The second kappa shape index (κ2) is 7.17. The fourth-order valence-corrected chi connectivity index (χ4v) is 4.16. The number of rotatable bonds is 3. The van der Waals surface area contributed by atoms with Crippen LogP contribution in [-0.4, -0.2) is 18.7 Å². The maximum atomic E-state index is 13.4. The Bertz CT molecular complexity index is 1050. The molecule has 0 spiro atoms. The number of para-hydroxylation sites is 2. The van der Waals surface area contributed by atoms with Gasteiger partial charge in [0.25, 0.3) is 5.91 Å². The monoisotopic (exact) mass is 386 g/mol. The van der Waals surface area contributed by atoms with Crippen molar-refractivity contribution in [2.24, 2.45) is 0 Å². The second-order valence-electron chi connectivity index (χ2n) is 7.45. The topological polar surface area (TPSA) is 50.8 Å². The SMILES string of the molecule is C[C@@H]1C[C@H](Nc2ccccc2)c2ccccc2N1C(=O)c1ccc2c(c1)OCO2. The van der Waals surface area contributed by atoms with Crippen LogP contribution in [0.1, 0.15) is 35.3 Å². The van der Waals surface area contributed by atoms with Crippen LogP contribution in [0.15, 0.2) is 72.8 Å². The number of nitrogens with one attached hydrogen (secondary N) is 1. The van der Waals surface area contributed by atoms with E-state index in [4.69, 9.17) is 9.47 Å². The maximum Gasteiger partial charge on any atom is 0.258 e. The van der Waals surface area contributed by atoms with Crippen molar-refractivity contribution in [3.63, 3.8) is 0 Å². The Balaban J connectivity index is 1.48. The van der Waals surface area contributed by atoms with Crippen molar-refractivity contribution >= 4 is 17.3 Å². The number of ether oxygens (including phenoxy) is 2. The number of hydrogen-bond donors (Lipinski definition) is 1. The van der Waals surface area contributed by atoms with Crippen molar-refractivity contribution in [2.45, 2.75) is 25.4 Å². The number of carbonyl (C=O) groups excluding carboxylic acids is 1. The number of nitrogens with zero attached hydrogens (tertiary/aromatic N) is 1. The number of fused-ring (bicyclic) bond motifs is 2. The van der Waals surface area contributed by atoms with Gasteiger partial charge in [-0.15, -0.1) is 0 Å². The molecule has 3 aromatic carbocycles. The van der Waals surface area contributed by atoms with Crippen molar-refractivity contribution in [1.29, 1.82) is 0 Å². The first-order valence-corrected chi connectivity index (χ1v) is 9.84. The molecule has 1 amide bonds. The van der Waals surface area contributed by atoms with Crippen molar-refractivity contribution in [1.82, 2.24) is 0 Å². The molecule has 1 N–H and O–H groups in total. The number of anilines is 2. The van der Waals surface area contributed by atoms with Crippen molar-refractivity contribution in [3.8, 4) is 11.5 Å². The molecule has 3 aromatic rings. The van der Waals surface area contributed by atoms with E-state index in [9.17, 15) is 4.79 Å². The molecule has 5 heteroatoms. The lowest BCUT2D eigenvalue weighted by molar-refractivity contribution is 0.0973. The Hall–Kier alpha value is -3.47. The summed E-state index contributed by atoms with van der Waals surface area (Å²) in [4.78, 5) is 15.3. The average Bonchev–Trinajstić information content (AvgIpc) is 3.22. The standard InChI is InChI=1S/C24H22N2O3/c1-16-13-20(25-18-7-3-2-4-8-18)19-9-5-6-10-21(19)26(16)24(27)17-11-12-22-23(14-17)29-15-28-22/h2-12,14,16,20,25H,13,15H2,1H3/t16-,20+/m1/s1. The van der Waals surface area contributed by atoms with Gasteiger partial charge < -0.3 is 19.7 Å². The smallest absolute Gasteiger partial charge is 0.258 e. The van der Waals surface area contributed by atoms with E-state index in [2.05, 4.69) is 30.4 Å². The summed E-state index contributed by atoms with van der Waals surface area (Å²) in [6.07, 6.45) is 0.822. The number of hydrogen-bond acceptors (Lipinski definition) is 4. The third kappa shape index (κ3) is 3.18. The molecule has 2 aliphatic rings. The zero-order chi connectivity index (χ0) is 19.8. The van der Waals surface area contributed by atoms with Crippen LogP contribution in [0.2, 0.25) is 0 Å². The largest absolute Gasteiger partial charge is 0.454 e. The minimum absolute atomic E-state index is 0.0265. The number of carbonyl (C=O) groups is 1. The third-order valence-electron chi connectivity index (χ3n) is 5.54. The first-order chi connectivity index (χ1) is 14.2. The van der Waals surface area contributed by atoms with E-state index in [-0.39, 0.29) is 24.8 Å². The highest BCUT2D eigenvalue weighted by molar-refractivity contribution is 6.07. The van der Waals surface area contributed by atoms with Gasteiger partial charge >= 0.3 is 0 Å². The Morgan fingerprint density at radius 1 is 0.966 bits per heavy atom. The molecule has 5 rings (SSSR count). The molecule has 5 nitrogen and oxygen atoms in total. The van der Waals surface area contributed by atoms with Gasteiger partial charge in [-0.2, -0.15) is 0 Å². The van der Waals surface area contributed by atoms with E-state index in [1.54, 1.807) is 18.2 Å². The van der Waals surface area contributed by atoms with Crippen LogP contribution in [-0.2, 0) is 0 Å². The molecule has 0 unspecified atom stereocenters. The third-order valence-corrected chi connectivity index (χ3v) is 5.54. The molecule has 0 bridgehead atoms. The summed E-state index contributed by atoms with van der Waals surface area (Å²) in [6, 6.07) is 23.9. The highest BCUT2D eigenvalue weighted by atomic mass is 16.7. The summed E-state index contributed by atoms with van der Waals surface area (Å²) >= 11 is 0. The fraction of sp³-hybridized carbons (Fsp3) is 0.208. The molecule has 0 aromatic heterocycles. The lowest BCUT2D eigenvalue weighted by Gasteiger charge is -2.40. The molecule has 2 aliphatic heterocycles. The summed E-state index contributed by atoms with van der Waals surface area (Å²) in [5.74, 6) is 1.28. The molecule has 29 heavy (non-hydrogen) atoms. The van der Waals surface area contributed by atoms with Crippen LogP contribution in [0.25, 0.3) is 0 Å².